The average molecular weight is 295 g/mol. The van der Waals surface area contributed by atoms with Crippen molar-refractivity contribution in [3.63, 3.8) is 0 Å². The van der Waals surface area contributed by atoms with Crippen LogP contribution in [0.4, 0.5) is 5.69 Å². The third-order valence-electron chi connectivity index (χ3n) is 2.71. The van der Waals surface area contributed by atoms with Crippen molar-refractivity contribution in [3.05, 3.63) is 24.3 Å². The van der Waals surface area contributed by atoms with Gasteiger partial charge in [-0.05, 0) is 45.2 Å². The maximum atomic E-state index is 11.6. The van der Waals surface area contributed by atoms with Crippen LogP contribution in [0, 0.1) is 0 Å². The largest absolute Gasteiger partial charge is 0.491 e. The Hall–Kier alpha value is -1.79. The second kappa shape index (κ2) is 8.49. The highest BCUT2D eigenvalue weighted by Gasteiger charge is 2.12. The first-order valence-corrected chi connectivity index (χ1v) is 7.01. The number of anilines is 1. The standard InChI is InChI=1S/C15H25N3O3/c1-11(2)17-15(20)9-18(3)8-13(19)10-21-14-6-4-12(16)5-7-14/h4-7,11,13,19H,8-10,16H2,1-3H3,(H,17,20). The zero-order valence-electron chi connectivity index (χ0n) is 12.9. The molecule has 0 fully saturated rings. The lowest BCUT2D eigenvalue weighted by molar-refractivity contribution is -0.122. The number of likely N-dealkylation sites (N-methyl/N-ethyl adjacent to an activating group) is 1. The van der Waals surface area contributed by atoms with Crippen molar-refractivity contribution in [2.75, 3.05) is 32.5 Å². The molecule has 0 radical (unpaired) electrons. The van der Waals surface area contributed by atoms with E-state index in [9.17, 15) is 9.90 Å². The molecule has 1 atom stereocenters. The maximum Gasteiger partial charge on any atom is 0.234 e. The van der Waals surface area contributed by atoms with Crippen LogP contribution < -0.4 is 15.8 Å². The summed E-state index contributed by atoms with van der Waals surface area (Å²) in [4.78, 5) is 13.3. The molecule has 21 heavy (non-hydrogen) atoms. The molecule has 0 aliphatic carbocycles. The van der Waals surface area contributed by atoms with E-state index in [1.54, 1.807) is 36.2 Å². The summed E-state index contributed by atoms with van der Waals surface area (Å²) < 4.78 is 5.46. The number of nitrogens with two attached hydrogens (primary N) is 1. The van der Waals surface area contributed by atoms with Gasteiger partial charge in [0.2, 0.25) is 5.91 Å². The smallest absolute Gasteiger partial charge is 0.234 e. The van der Waals surface area contributed by atoms with Gasteiger partial charge in [-0.15, -0.1) is 0 Å². The highest BCUT2D eigenvalue weighted by Crippen LogP contribution is 2.13. The minimum absolute atomic E-state index is 0.0563. The fourth-order valence-corrected chi connectivity index (χ4v) is 1.85. The Bertz CT molecular complexity index is 434. The molecule has 1 amide bonds. The summed E-state index contributed by atoms with van der Waals surface area (Å²) >= 11 is 0. The zero-order chi connectivity index (χ0) is 15.8. The topological polar surface area (TPSA) is 87.8 Å². The lowest BCUT2D eigenvalue weighted by atomic mass is 10.3. The fourth-order valence-electron chi connectivity index (χ4n) is 1.85. The van der Waals surface area contributed by atoms with Crippen molar-refractivity contribution in [2.45, 2.75) is 26.0 Å². The summed E-state index contributed by atoms with van der Waals surface area (Å²) in [7, 11) is 1.78. The highest BCUT2D eigenvalue weighted by atomic mass is 16.5. The van der Waals surface area contributed by atoms with Crippen molar-refractivity contribution in [3.8, 4) is 5.75 Å². The molecule has 1 unspecified atom stereocenters. The normalized spacial score (nSPS) is 12.5. The number of carbonyl (C=O) groups is 1. The summed E-state index contributed by atoms with van der Waals surface area (Å²) in [6.45, 7) is 4.60. The molecule has 1 rings (SSSR count). The fraction of sp³-hybridized carbons (Fsp3) is 0.533. The number of carbonyl (C=O) groups excluding carboxylic acids is 1. The number of nitrogens with zero attached hydrogens (tertiary/aromatic N) is 1. The highest BCUT2D eigenvalue weighted by molar-refractivity contribution is 5.78. The van der Waals surface area contributed by atoms with Gasteiger partial charge < -0.3 is 20.9 Å². The Kier molecular flexibility index (Phi) is 6.98. The van der Waals surface area contributed by atoms with Crippen LogP contribution in [0.3, 0.4) is 0 Å². The number of benzene rings is 1. The van der Waals surface area contributed by atoms with E-state index in [1.165, 1.54) is 0 Å². The predicted octanol–water partition coefficient (Wildman–Crippen LogP) is 0.465. The average Bonchev–Trinajstić information content (AvgIpc) is 2.36. The molecule has 0 saturated carbocycles. The third-order valence-corrected chi connectivity index (χ3v) is 2.71. The number of nitrogen functional groups attached to an aromatic ring is 1. The van der Waals surface area contributed by atoms with Gasteiger partial charge in [0.05, 0.1) is 6.54 Å². The zero-order valence-corrected chi connectivity index (χ0v) is 12.9. The van der Waals surface area contributed by atoms with E-state index in [2.05, 4.69) is 5.32 Å². The van der Waals surface area contributed by atoms with Gasteiger partial charge in [-0.25, -0.2) is 0 Å². The molecule has 118 valence electrons. The minimum Gasteiger partial charge on any atom is -0.491 e. The Balaban J connectivity index is 2.27. The summed E-state index contributed by atoms with van der Waals surface area (Å²) in [5, 5.41) is 12.7. The molecule has 0 bridgehead atoms. The molecule has 0 aliphatic rings. The Labute approximate surface area is 125 Å². The summed E-state index contributed by atoms with van der Waals surface area (Å²) in [6, 6.07) is 7.10. The van der Waals surface area contributed by atoms with Crippen molar-refractivity contribution >= 4 is 11.6 Å². The third kappa shape index (κ3) is 7.53. The van der Waals surface area contributed by atoms with E-state index < -0.39 is 6.10 Å². The van der Waals surface area contributed by atoms with Gasteiger partial charge >= 0.3 is 0 Å². The summed E-state index contributed by atoms with van der Waals surface area (Å²) in [6.07, 6.45) is -0.667. The van der Waals surface area contributed by atoms with Gasteiger partial charge in [0, 0.05) is 18.3 Å². The summed E-state index contributed by atoms with van der Waals surface area (Å²) in [5.74, 6) is 0.600. The van der Waals surface area contributed by atoms with Crippen molar-refractivity contribution in [1.82, 2.24) is 10.2 Å². The first kappa shape index (κ1) is 17.3. The SMILES string of the molecule is CC(C)NC(=O)CN(C)CC(O)COc1ccc(N)cc1. The van der Waals surface area contributed by atoms with E-state index in [0.29, 0.717) is 18.0 Å². The van der Waals surface area contributed by atoms with Crippen LogP contribution in [0.2, 0.25) is 0 Å². The first-order valence-electron chi connectivity index (χ1n) is 7.01. The number of aliphatic hydroxyl groups excluding tert-OH is 1. The van der Waals surface area contributed by atoms with E-state index in [1.807, 2.05) is 13.8 Å². The molecule has 0 saturated heterocycles. The first-order chi connectivity index (χ1) is 9.86. The van der Waals surface area contributed by atoms with Crippen molar-refractivity contribution in [2.24, 2.45) is 0 Å². The molecule has 0 aliphatic heterocycles. The number of amides is 1. The second-order valence-electron chi connectivity index (χ2n) is 5.45. The quantitative estimate of drug-likeness (QED) is 0.607. The van der Waals surface area contributed by atoms with Crippen LogP contribution in [0.1, 0.15) is 13.8 Å². The molecule has 6 nitrogen and oxygen atoms in total. The molecule has 0 heterocycles. The molecule has 6 heteroatoms. The van der Waals surface area contributed by atoms with Gasteiger partial charge in [0.1, 0.15) is 18.5 Å². The second-order valence-corrected chi connectivity index (χ2v) is 5.45. The van der Waals surface area contributed by atoms with Crippen molar-refractivity contribution < 1.29 is 14.6 Å². The van der Waals surface area contributed by atoms with Crippen LogP contribution in [0.25, 0.3) is 0 Å². The van der Waals surface area contributed by atoms with E-state index in [4.69, 9.17) is 10.5 Å². The van der Waals surface area contributed by atoms with Crippen molar-refractivity contribution in [1.29, 1.82) is 0 Å². The molecule has 0 spiro atoms. The van der Waals surface area contributed by atoms with Crippen LogP contribution in [-0.4, -0.2) is 54.8 Å². The predicted molar refractivity (Wildman–Crippen MR) is 83.1 cm³/mol. The van der Waals surface area contributed by atoms with Gasteiger partial charge in [-0.3, -0.25) is 9.69 Å². The van der Waals surface area contributed by atoms with Crippen LogP contribution in [0.5, 0.6) is 5.75 Å². The van der Waals surface area contributed by atoms with E-state index in [-0.39, 0.29) is 25.1 Å². The number of rotatable bonds is 8. The van der Waals surface area contributed by atoms with Gasteiger partial charge in [-0.2, -0.15) is 0 Å². The monoisotopic (exact) mass is 295 g/mol. The number of hydrogen-bond acceptors (Lipinski definition) is 5. The Morgan fingerprint density at radius 2 is 2.00 bits per heavy atom. The van der Waals surface area contributed by atoms with Gasteiger partial charge in [-0.1, -0.05) is 0 Å². The van der Waals surface area contributed by atoms with Crippen LogP contribution in [-0.2, 0) is 4.79 Å². The molecule has 4 N–H and O–H groups in total. The van der Waals surface area contributed by atoms with Gasteiger partial charge in [0.25, 0.3) is 0 Å². The maximum absolute atomic E-state index is 11.6. The molecule has 0 aromatic heterocycles. The minimum atomic E-state index is -0.667. The van der Waals surface area contributed by atoms with Crippen LogP contribution in [0.15, 0.2) is 24.3 Å². The molecular weight excluding hydrogens is 270 g/mol. The summed E-state index contributed by atoms with van der Waals surface area (Å²) in [5.41, 5.74) is 6.25. The number of hydrogen-bond donors (Lipinski definition) is 3. The Morgan fingerprint density at radius 3 is 2.57 bits per heavy atom. The molecule has 1 aromatic carbocycles. The van der Waals surface area contributed by atoms with Crippen LogP contribution >= 0.6 is 0 Å². The van der Waals surface area contributed by atoms with E-state index in [0.717, 1.165) is 0 Å². The number of aliphatic hydroxyl groups is 1. The molecular formula is C15H25N3O3. The van der Waals surface area contributed by atoms with Gasteiger partial charge in [0.15, 0.2) is 0 Å². The molecule has 1 aromatic rings. The lowest BCUT2D eigenvalue weighted by Gasteiger charge is -2.21. The van der Waals surface area contributed by atoms with E-state index >= 15 is 0 Å². The Morgan fingerprint density at radius 1 is 1.38 bits per heavy atom. The lowest BCUT2D eigenvalue weighted by Crippen LogP contribution is -2.42. The number of ether oxygens (including phenoxy) is 1. The number of nitrogens with one attached hydrogen (secondary N) is 1.